The van der Waals surface area contributed by atoms with E-state index in [0.29, 0.717) is 0 Å². The van der Waals surface area contributed by atoms with Crippen LogP contribution in [0, 0.1) is 0 Å². The highest BCUT2D eigenvalue weighted by Crippen LogP contribution is 2.25. The van der Waals surface area contributed by atoms with Gasteiger partial charge in [-0.2, -0.15) is 0 Å². The number of nitrogens with zero attached hydrogens (tertiary/aromatic N) is 3. The molecule has 26 heavy (non-hydrogen) atoms. The summed E-state index contributed by atoms with van der Waals surface area (Å²) >= 11 is 0. The second-order valence-electron chi connectivity index (χ2n) is 4.53. The zero-order valence-corrected chi connectivity index (χ0v) is 12.7. The molecule has 0 bridgehead atoms. The Labute approximate surface area is 187 Å². The minimum Gasteiger partial charge on any atom is -0.505 e. The Morgan fingerprint density at radius 2 is 2.50 bits per heavy atom. The number of nitrogens with one attached hydrogen (secondary N) is 2. The number of aromatic nitrogens is 3. The highest BCUT2D eigenvalue weighted by Gasteiger charge is 2.24. The largest absolute Gasteiger partial charge is 0.505 e. The van der Waals surface area contributed by atoms with Crippen molar-refractivity contribution in [1.82, 2.24) is 24.7 Å². The molecule has 0 unspecified atom stereocenters. The fourth-order valence-electron chi connectivity index (χ4n) is 1.94. The Kier molecular flexibility index (Phi) is 1.44. The minimum atomic E-state index is -4.14. The smallest absolute Gasteiger partial charge is 0.293 e. The molecule has 2 aromatic heterocycles. The van der Waals surface area contributed by atoms with E-state index < -0.39 is 126 Å². The number of carbonyl (C=O) groups excluding carboxylic acids is 1. The summed E-state index contributed by atoms with van der Waals surface area (Å²) in [7, 11) is 0. The van der Waals surface area contributed by atoms with Crippen LogP contribution in [0.5, 0.6) is 5.75 Å². The van der Waals surface area contributed by atoms with Gasteiger partial charge in [0.25, 0.3) is 12.9 Å². The zero-order valence-electron chi connectivity index (χ0n) is 37.7. The van der Waals surface area contributed by atoms with Gasteiger partial charge < -0.3 is 20.3 Å². The van der Waals surface area contributed by atoms with Gasteiger partial charge >= 0.3 is 0 Å². The lowest BCUT2D eigenvalue weighted by Gasteiger charge is -2.26. The van der Waals surface area contributed by atoms with Gasteiger partial charge in [-0.25, -0.2) is 4.98 Å². The van der Waals surface area contributed by atoms with E-state index in [9.17, 15) is 9.59 Å². The number of likely N-dealkylation sites (tertiary alicyclic amines) is 1. The van der Waals surface area contributed by atoms with Gasteiger partial charge in [0.2, 0.25) is 0 Å². The van der Waals surface area contributed by atoms with Crippen molar-refractivity contribution in [2.45, 2.75) is 45.3 Å². The van der Waals surface area contributed by atoms with Crippen molar-refractivity contribution in [2.24, 2.45) is 0 Å². The lowest BCUT2D eigenvalue weighted by Crippen LogP contribution is -2.36. The monoisotopic (exact) mass is 386 g/mol. The third kappa shape index (κ3) is 3.60. The van der Waals surface area contributed by atoms with Crippen molar-refractivity contribution in [1.29, 1.82) is 1.43 Å². The van der Waals surface area contributed by atoms with Crippen molar-refractivity contribution < 1.29 is 42.9 Å². The third-order valence-corrected chi connectivity index (χ3v) is 3.00. The van der Waals surface area contributed by atoms with Crippen LogP contribution in [0.1, 0.15) is 85.8 Å². The number of pyridine rings is 1. The average molecular weight is 387 g/mol. The number of hydrogen-bond donors (Lipinski definition) is 3. The van der Waals surface area contributed by atoms with E-state index in [1.807, 2.05) is 0 Å². The molecule has 0 spiro atoms. The summed E-state index contributed by atoms with van der Waals surface area (Å²) in [5.41, 5.74) is -6.49. The van der Waals surface area contributed by atoms with E-state index >= 15 is 0 Å². The molecule has 0 atom stereocenters. The molecule has 1 fully saturated rings. The standard InChI is InChI=1S/C18H27N5O3/c1-12(2)23-16-14(20-11-21-16)15(24)13(18(23)26)17(25)19-7-6-10-22-8-4-3-5-9-22/h11-12,24H,3-10H2,1-2H3,(H,19,25)(H,20,21)/i1D3,2D3,3D2,4D2,5D2,7D2,8D2,9D2,10D2,11D,12D/hD3. The molecule has 3 heterocycles. The Bertz CT molecular complexity index is 1750. The molecule has 1 saturated heterocycles. The maximum Gasteiger partial charge on any atom is 0.293 e. The number of hydrogen-bond acceptors (Lipinski definition) is 5. The second-order valence-corrected chi connectivity index (χ2v) is 4.53. The highest BCUT2D eigenvalue weighted by atomic mass is 16.3. The van der Waals surface area contributed by atoms with Crippen LogP contribution in [-0.2, 0) is 0 Å². The average Bonchev–Trinajstić information content (AvgIpc) is 3.20. The number of amides is 1. The van der Waals surface area contributed by atoms with Gasteiger partial charge in [-0.1, -0.05) is 6.37 Å². The quantitative estimate of drug-likeness (QED) is 0.671. The highest BCUT2D eigenvalue weighted by molar-refractivity contribution is 6.00. The summed E-state index contributed by atoms with van der Waals surface area (Å²) < 4.78 is 200. The number of imidazole rings is 1. The number of aromatic amines is 1. The molecule has 1 amide bonds. The predicted molar refractivity (Wildman–Crippen MR) is 99.6 cm³/mol. The van der Waals surface area contributed by atoms with Gasteiger partial charge in [0.15, 0.2) is 14.2 Å². The lowest BCUT2D eigenvalue weighted by molar-refractivity contribution is 0.0946. The summed E-state index contributed by atoms with van der Waals surface area (Å²) in [5, 5.41) is 3.33. The topological polar surface area (TPSA) is 103 Å². The molecule has 8 heteroatoms. The Hall–Kier alpha value is -2.35. The van der Waals surface area contributed by atoms with Crippen LogP contribution in [0.25, 0.3) is 11.2 Å². The van der Waals surface area contributed by atoms with Crippen molar-refractivity contribution in [2.75, 3.05) is 26.0 Å². The zero-order chi connectivity index (χ0) is 40.5. The van der Waals surface area contributed by atoms with Crippen LogP contribution in [-0.4, -0.2) is 57.9 Å². The molecular weight excluding hydrogens is 334 g/mol. The van der Waals surface area contributed by atoms with Gasteiger partial charge in [0, 0.05) is 39.9 Å². The number of rotatable bonds is 7. The number of H-pyrrole nitrogens is 1. The lowest BCUT2D eigenvalue weighted by atomic mass is 10.1. The molecule has 1 aliphatic rings. The van der Waals surface area contributed by atoms with E-state index in [-0.39, 0.29) is 4.98 Å². The van der Waals surface area contributed by atoms with E-state index in [0.717, 1.165) is 0 Å². The van der Waals surface area contributed by atoms with Crippen molar-refractivity contribution in [3.8, 4) is 5.75 Å². The van der Waals surface area contributed by atoms with Gasteiger partial charge in [-0.05, 0) is 52.4 Å². The first-order chi connectivity index (χ1) is 22.3. The maximum absolute atomic E-state index is 13.9. The van der Waals surface area contributed by atoms with E-state index in [4.69, 9.17) is 34.4 Å². The molecule has 1 aliphatic heterocycles. The molecule has 8 nitrogen and oxygen atoms in total. The van der Waals surface area contributed by atoms with Crippen LogP contribution >= 0.6 is 0 Å². The predicted octanol–water partition coefficient (Wildman–Crippen LogP) is 1.62. The fraction of sp³-hybridized carbons (Fsp3) is 0.611. The van der Waals surface area contributed by atoms with Gasteiger partial charge in [-0.3, -0.25) is 14.2 Å². The SMILES string of the molecule is [2H]Oc1c(C(=O)N([2H])C([2H])([2H])CC([2H])([2H])N2C([2H])([2H])C([2H])([2H])C([2H])([2H])C([2H])([2H])C2([2H])[2H])c(=O)n(C([2H])(C([2H])([2H])[2H])C([2H])([2H])[2H])c2nc([2H])n([2H])c12. The normalized spacial score (nSPS) is 41.8. The number of fused-ring (bicyclic) bond motifs is 1. The number of carbonyl (C=O) groups is 1. The molecule has 0 aromatic carbocycles. The van der Waals surface area contributed by atoms with E-state index in [1.165, 1.54) is 0 Å². The molecule has 3 rings (SSSR count). The summed E-state index contributed by atoms with van der Waals surface area (Å²) in [6, 6.07) is -4.11. The molecule has 142 valence electrons. The number of piperidine rings is 1. The Morgan fingerprint density at radius 3 is 3.23 bits per heavy atom. The van der Waals surface area contributed by atoms with Crippen LogP contribution in [0.15, 0.2) is 11.1 Å². The summed E-state index contributed by atoms with van der Waals surface area (Å²) in [6.07, 6.45) is -15.5. The minimum absolute atomic E-state index is 0.117. The first-order valence-corrected chi connectivity index (χ1v) is 6.75. The maximum atomic E-state index is 13.9. The second kappa shape index (κ2) is 7.90. The molecule has 0 radical (unpaired) electrons. The summed E-state index contributed by atoms with van der Waals surface area (Å²) in [6.45, 7) is -24.3. The first kappa shape index (κ1) is 4.73. The molecular formula is C18H27N5O3. The van der Waals surface area contributed by atoms with Gasteiger partial charge in [0.1, 0.15) is 12.5 Å². The van der Waals surface area contributed by atoms with E-state index in [2.05, 4.69) is 10.1 Å². The van der Waals surface area contributed by atoms with Crippen LogP contribution in [0.4, 0.5) is 0 Å². The molecule has 3 N–H and O–H groups in total. The number of aromatic hydroxyl groups is 1. The third-order valence-electron chi connectivity index (χ3n) is 3.00. The first-order valence-electron chi connectivity index (χ1n) is 19.1. The van der Waals surface area contributed by atoms with Gasteiger partial charge in [0.05, 0.1) is 7.67 Å². The summed E-state index contributed by atoms with van der Waals surface area (Å²) in [5.74, 6) is -3.80. The van der Waals surface area contributed by atoms with Crippen molar-refractivity contribution in [3.05, 3.63) is 22.2 Å². The van der Waals surface area contributed by atoms with Crippen molar-refractivity contribution >= 4 is 17.1 Å². The van der Waals surface area contributed by atoms with Crippen LogP contribution in [0.2, 0.25) is 2.82 Å². The van der Waals surface area contributed by atoms with Crippen LogP contribution in [0.3, 0.4) is 0 Å². The summed E-state index contributed by atoms with van der Waals surface area (Å²) in [4.78, 5) is 30.1. The van der Waals surface area contributed by atoms with E-state index in [1.54, 1.807) is 0 Å². The van der Waals surface area contributed by atoms with Crippen molar-refractivity contribution in [3.63, 3.8) is 0 Å². The van der Waals surface area contributed by atoms with Crippen LogP contribution < -0.4 is 10.9 Å². The Balaban J connectivity index is 2.33. The van der Waals surface area contributed by atoms with Gasteiger partial charge in [-0.15, -0.1) is 0 Å². The fourth-order valence-corrected chi connectivity index (χ4v) is 1.94. The molecule has 2 aromatic rings. The molecule has 0 saturated carbocycles. The Morgan fingerprint density at radius 1 is 1.69 bits per heavy atom. The molecule has 0 aliphatic carbocycles.